The Labute approximate surface area is 252 Å². The topological polar surface area (TPSA) is 168 Å². The molecule has 0 bridgehead atoms. The smallest absolute Gasteiger partial charge is 0.286 e. The van der Waals surface area contributed by atoms with Gasteiger partial charge in [-0.3, -0.25) is 23.7 Å². The predicted molar refractivity (Wildman–Crippen MR) is 158 cm³/mol. The SMILES string of the molecule is CC(=O)Nc1cnc(-c2ccccc2)n(CC(=O)N[C@@H](C(=O)c2nnc(C(C)(C)c3ccc4c(c3)OCO4)o2)C(C)C)c1=O. The number of nitrogens with one attached hydrogen (secondary N) is 2. The van der Waals surface area contributed by atoms with Gasteiger partial charge in [-0.25, -0.2) is 4.98 Å². The van der Waals surface area contributed by atoms with Gasteiger partial charge in [0.1, 0.15) is 18.1 Å². The fourth-order valence-corrected chi connectivity index (χ4v) is 4.75. The first kappa shape index (κ1) is 30.1. The molecule has 228 valence electrons. The molecule has 0 radical (unpaired) electrons. The zero-order valence-corrected chi connectivity index (χ0v) is 24.9. The van der Waals surface area contributed by atoms with Gasteiger partial charge in [-0.2, -0.15) is 0 Å². The number of carbonyl (C=O) groups excluding carboxylic acids is 3. The van der Waals surface area contributed by atoms with E-state index in [9.17, 15) is 19.2 Å². The highest BCUT2D eigenvalue weighted by molar-refractivity contribution is 5.98. The summed E-state index contributed by atoms with van der Waals surface area (Å²) in [6, 6.07) is 13.3. The van der Waals surface area contributed by atoms with Crippen LogP contribution < -0.4 is 25.7 Å². The molecule has 13 nitrogen and oxygen atoms in total. The van der Waals surface area contributed by atoms with E-state index in [0.29, 0.717) is 17.1 Å². The number of nitrogens with zero attached hydrogens (tertiary/aromatic N) is 4. The molecule has 0 unspecified atom stereocenters. The minimum atomic E-state index is -1.04. The maximum absolute atomic E-state index is 13.6. The van der Waals surface area contributed by atoms with Gasteiger partial charge in [0.25, 0.3) is 11.4 Å². The van der Waals surface area contributed by atoms with E-state index in [4.69, 9.17) is 13.9 Å². The van der Waals surface area contributed by atoms with Crippen LogP contribution in [0.3, 0.4) is 0 Å². The molecule has 2 aromatic heterocycles. The molecule has 0 saturated carbocycles. The number of fused-ring (bicyclic) bond motifs is 1. The van der Waals surface area contributed by atoms with Crippen molar-refractivity contribution >= 4 is 23.3 Å². The first-order valence-electron chi connectivity index (χ1n) is 14.0. The molecule has 2 aromatic carbocycles. The van der Waals surface area contributed by atoms with Gasteiger partial charge in [0.15, 0.2) is 11.5 Å². The van der Waals surface area contributed by atoms with Crippen molar-refractivity contribution in [2.75, 3.05) is 12.1 Å². The van der Waals surface area contributed by atoms with Crippen molar-refractivity contribution in [3.8, 4) is 22.9 Å². The summed E-state index contributed by atoms with van der Waals surface area (Å²) in [7, 11) is 0. The Balaban J connectivity index is 1.38. The highest BCUT2D eigenvalue weighted by Crippen LogP contribution is 2.38. The fraction of sp³-hybridized carbons (Fsp3) is 0.323. The van der Waals surface area contributed by atoms with Gasteiger partial charge in [0, 0.05) is 12.5 Å². The first-order valence-corrected chi connectivity index (χ1v) is 14.0. The quantitative estimate of drug-likeness (QED) is 0.258. The average Bonchev–Trinajstić information content (AvgIpc) is 3.68. The number of aromatic nitrogens is 4. The van der Waals surface area contributed by atoms with Crippen LogP contribution in [0, 0.1) is 5.92 Å². The maximum atomic E-state index is 13.6. The zero-order chi connectivity index (χ0) is 31.6. The highest BCUT2D eigenvalue weighted by Gasteiger charge is 2.35. The summed E-state index contributed by atoms with van der Waals surface area (Å²) in [6.07, 6.45) is 1.25. The third-order valence-electron chi connectivity index (χ3n) is 7.22. The molecular weight excluding hydrogens is 568 g/mol. The fourth-order valence-electron chi connectivity index (χ4n) is 4.75. The summed E-state index contributed by atoms with van der Waals surface area (Å²) in [5.74, 6) is -0.625. The van der Waals surface area contributed by atoms with Gasteiger partial charge in [0.05, 0.1) is 17.7 Å². The Bertz CT molecular complexity index is 1780. The van der Waals surface area contributed by atoms with Crippen molar-refractivity contribution in [3.63, 3.8) is 0 Å². The van der Waals surface area contributed by atoms with Crippen LogP contribution in [-0.4, -0.2) is 50.2 Å². The summed E-state index contributed by atoms with van der Waals surface area (Å²) in [6.45, 7) is 8.21. The molecule has 5 rings (SSSR count). The normalized spacial score (nSPS) is 13.0. The van der Waals surface area contributed by atoms with Crippen molar-refractivity contribution in [2.24, 2.45) is 5.92 Å². The summed E-state index contributed by atoms with van der Waals surface area (Å²) in [5.41, 5.74) is -0.0715. The molecule has 13 heteroatoms. The van der Waals surface area contributed by atoms with E-state index in [0.717, 1.165) is 10.1 Å². The van der Waals surface area contributed by atoms with Crippen LogP contribution in [0.4, 0.5) is 5.69 Å². The lowest BCUT2D eigenvalue weighted by Crippen LogP contribution is -2.46. The van der Waals surface area contributed by atoms with Gasteiger partial charge in [0.2, 0.25) is 30.3 Å². The van der Waals surface area contributed by atoms with Crippen LogP contribution in [0.2, 0.25) is 0 Å². The Kier molecular flexibility index (Phi) is 8.30. The van der Waals surface area contributed by atoms with E-state index in [2.05, 4.69) is 25.8 Å². The van der Waals surface area contributed by atoms with Crippen molar-refractivity contribution in [1.82, 2.24) is 25.1 Å². The maximum Gasteiger partial charge on any atom is 0.286 e. The molecule has 0 saturated heterocycles. The number of amides is 2. The van der Waals surface area contributed by atoms with Crippen LogP contribution >= 0.6 is 0 Å². The van der Waals surface area contributed by atoms with E-state index in [1.807, 2.05) is 32.0 Å². The van der Waals surface area contributed by atoms with Crippen molar-refractivity contribution in [2.45, 2.75) is 52.6 Å². The molecular formula is C31H32N6O7. The number of Topliss-reactive ketones (excluding diaryl/α,β-unsaturated/α-hetero) is 1. The second-order valence-corrected chi connectivity index (χ2v) is 11.2. The molecule has 1 aliphatic heterocycles. The van der Waals surface area contributed by atoms with Gasteiger partial charge in [-0.1, -0.05) is 50.2 Å². The van der Waals surface area contributed by atoms with E-state index in [1.165, 1.54) is 13.1 Å². The molecule has 4 aromatic rings. The number of anilines is 1. The summed E-state index contributed by atoms with van der Waals surface area (Å²) in [4.78, 5) is 56.2. The van der Waals surface area contributed by atoms with Crippen molar-refractivity contribution in [3.05, 3.63) is 82.4 Å². The molecule has 0 aliphatic carbocycles. The van der Waals surface area contributed by atoms with Crippen LogP contribution in [0.5, 0.6) is 11.5 Å². The summed E-state index contributed by atoms with van der Waals surface area (Å²) < 4.78 is 17.9. The van der Waals surface area contributed by atoms with Gasteiger partial charge in [-0.05, 0) is 37.5 Å². The Morgan fingerprint density at radius 1 is 1.02 bits per heavy atom. The van der Waals surface area contributed by atoms with Gasteiger partial charge < -0.3 is 24.5 Å². The molecule has 2 amide bonds. The molecule has 3 heterocycles. The molecule has 44 heavy (non-hydrogen) atoms. The Morgan fingerprint density at radius 2 is 1.75 bits per heavy atom. The van der Waals surface area contributed by atoms with E-state index >= 15 is 0 Å². The first-order chi connectivity index (χ1) is 21.0. The van der Waals surface area contributed by atoms with E-state index < -0.39 is 41.2 Å². The number of hydrogen-bond acceptors (Lipinski definition) is 10. The van der Waals surface area contributed by atoms with Crippen LogP contribution in [0.25, 0.3) is 11.4 Å². The number of rotatable bonds is 10. The zero-order valence-electron chi connectivity index (χ0n) is 24.9. The predicted octanol–water partition coefficient (Wildman–Crippen LogP) is 3.33. The molecule has 1 aliphatic rings. The second-order valence-electron chi connectivity index (χ2n) is 11.2. The standard InChI is InChI=1S/C31H32N6O7/c1-17(2)25(26(40)28-35-36-30(44-28)31(4,5)20-11-12-22-23(13-20)43-16-42-22)34-24(39)15-37-27(19-9-7-6-8-10-19)32-14-21(29(37)41)33-18(3)38/h6-14,17,25H,15-16H2,1-5H3,(H,33,38)(H,34,39)/t25-/m1/s1. The molecule has 1 atom stereocenters. The Hall–Kier alpha value is -5.33. The van der Waals surface area contributed by atoms with Gasteiger partial charge >= 0.3 is 0 Å². The van der Waals surface area contributed by atoms with Crippen molar-refractivity contribution < 1.29 is 28.3 Å². The van der Waals surface area contributed by atoms with Crippen molar-refractivity contribution in [1.29, 1.82) is 0 Å². The second kappa shape index (κ2) is 12.1. The molecule has 0 spiro atoms. The average molecular weight is 601 g/mol. The largest absolute Gasteiger partial charge is 0.454 e. The van der Waals surface area contributed by atoms with Crippen LogP contribution in [0.15, 0.2) is 63.9 Å². The Morgan fingerprint density at radius 3 is 2.45 bits per heavy atom. The third kappa shape index (κ3) is 6.07. The summed E-state index contributed by atoms with van der Waals surface area (Å²) in [5, 5.41) is 13.3. The number of carbonyl (C=O) groups is 3. The molecule has 0 fully saturated rings. The van der Waals surface area contributed by atoms with Crippen LogP contribution in [0.1, 0.15) is 56.8 Å². The highest BCUT2D eigenvalue weighted by atomic mass is 16.7. The monoisotopic (exact) mass is 600 g/mol. The lowest BCUT2D eigenvalue weighted by molar-refractivity contribution is -0.122. The lowest BCUT2D eigenvalue weighted by atomic mass is 9.84. The number of benzene rings is 2. The number of ether oxygens (including phenoxy) is 2. The minimum Gasteiger partial charge on any atom is -0.454 e. The minimum absolute atomic E-state index is 0.0788. The number of hydrogen-bond donors (Lipinski definition) is 2. The van der Waals surface area contributed by atoms with E-state index in [1.54, 1.807) is 44.2 Å². The van der Waals surface area contributed by atoms with E-state index in [-0.39, 0.29) is 36.0 Å². The third-order valence-corrected chi connectivity index (χ3v) is 7.22. The molecule has 2 N–H and O–H groups in total. The van der Waals surface area contributed by atoms with Crippen LogP contribution in [-0.2, 0) is 21.5 Å². The van der Waals surface area contributed by atoms with Gasteiger partial charge in [-0.15, -0.1) is 10.2 Å². The lowest BCUT2D eigenvalue weighted by Gasteiger charge is -2.22. The number of ketones is 1. The summed E-state index contributed by atoms with van der Waals surface area (Å²) >= 11 is 0.